The third kappa shape index (κ3) is 2.07. The van der Waals surface area contributed by atoms with E-state index < -0.39 is 0 Å². The molecule has 0 saturated carbocycles. The average molecular weight is 191 g/mol. The highest BCUT2D eigenvalue weighted by Gasteiger charge is 2.16. The van der Waals surface area contributed by atoms with Crippen molar-refractivity contribution in [2.24, 2.45) is 0 Å². The van der Waals surface area contributed by atoms with Crippen molar-refractivity contribution >= 4 is 17.2 Å². The van der Waals surface area contributed by atoms with E-state index in [1.165, 1.54) is 18.4 Å². The Balaban J connectivity index is 2.13. The van der Waals surface area contributed by atoms with E-state index in [2.05, 4.69) is 29.6 Å². The largest absolute Gasteiger partial charge is 0.373 e. The molecule has 0 aromatic heterocycles. The van der Waals surface area contributed by atoms with E-state index in [4.69, 9.17) is 12.2 Å². The fourth-order valence-electron chi connectivity index (χ4n) is 1.74. The van der Waals surface area contributed by atoms with Crippen molar-refractivity contribution in [3.63, 3.8) is 0 Å². The van der Waals surface area contributed by atoms with E-state index >= 15 is 0 Å². The van der Waals surface area contributed by atoms with Gasteiger partial charge < -0.3 is 5.32 Å². The first-order valence-electron chi connectivity index (χ1n) is 4.70. The van der Waals surface area contributed by atoms with Gasteiger partial charge in [-0.15, -0.1) is 0 Å². The van der Waals surface area contributed by atoms with Gasteiger partial charge in [0.2, 0.25) is 0 Å². The van der Waals surface area contributed by atoms with Crippen LogP contribution >= 0.6 is 12.2 Å². The number of nitrogens with one attached hydrogen (secondary N) is 1. The van der Waals surface area contributed by atoms with Crippen LogP contribution in [-0.2, 0) is 0 Å². The van der Waals surface area contributed by atoms with Crippen molar-refractivity contribution in [1.29, 1.82) is 0 Å². The normalized spacial score (nSPS) is 22.5. The van der Waals surface area contributed by atoms with Crippen LogP contribution in [-0.4, -0.2) is 4.99 Å². The van der Waals surface area contributed by atoms with Crippen molar-refractivity contribution in [3.05, 3.63) is 35.9 Å². The van der Waals surface area contributed by atoms with Crippen LogP contribution in [0.2, 0.25) is 0 Å². The molecule has 1 aromatic rings. The maximum absolute atomic E-state index is 5.17. The van der Waals surface area contributed by atoms with E-state index in [1.54, 1.807) is 0 Å². The maximum atomic E-state index is 5.17. The van der Waals surface area contributed by atoms with Gasteiger partial charge in [-0.1, -0.05) is 42.5 Å². The third-order valence-corrected chi connectivity index (χ3v) is 2.76. The standard InChI is InChI=1S/C11H13NS/c13-11-8-4-7-10(12-11)9-5-2-1-3-6-9/h1-3,5-6,10H,4,7-8H2,(H,12,13)/t10-/m1/s1. The lowest BCUT2D eigenvalue weighted by Gasteiger charge is -2.25. The van der Waals surface area contributed by atoms with Crippen LogP contribution in [0.3, 0.4) is 0 Å². The van der Waals surface area contributed by atoms with Gasteiger partial charge in [-0.3, -0.25) is 0 Å². The van der Waals surface area contributed by atoms with E-state index in [1.807, 2.05) is 6.07 Å². The molecule has 0 aliphatic carbocycles. The Labute approximate surface area is 84.2 Å². The fourth-order valence-corrected chi connectivity index (χ4v) is 2.03. The molecular weight excluding hydrogens is 178 g/mol. The molecule has 1 aromatic carbocycles. The number of benzene rings is 1. The summed E-state index contributed by atoms with van der Waals surface area (Å²) in [5.74, 6) is 0. The molecule has 2 heteroatoms. The minimum atomic E-state index is 0.447. The van der Waals surface area contributed by atoms with Crippen molar-refractivity contribution in [2.45, 2.75) is 25.3 Å². The SMILES string of the molecule is S=C1CCC[C@H](c2ccccc2)N1. The molecule has 13 heavy (non-hydrogen) atoms. The van der Waals surface area contributed by atoms with Crippen LogP contribution in [0, 0.1) is 0 Å². The molecule has 1 aliphatic heterocycles. The maximum Gasteiger partial charge on any atom is 0.0758 e. The molecule has 0 radical (unpaired) electrons. The Morgan fingerprint density at radius 3 is 2.69 bits per heavy atom. The highest BCUT2D eigenvalue weighted by Crippen LogP contribution is 2.23. The molecule has 68 valence electrons. The summed E-state index contributed by atoms with van der Waals surface area (Å²) in [4.78, 5) is 1.01. The zero-order valence-electron chi connectivity index (χ0n) is 7.49. The zero-order chi connectivity index (χ0) is 9.10. The molecule has 1 nitrogen and oxygen atoms in total. The molecule has 0 unspecified atom stereocenters. The predicted octanol–water partition coefficient (Wildman–Crippen LogP) is 2.83. The van der Waals surface area contributed by atoms with Gasteiger partial charge in [0.15, 0.2) is 0 Å². The van der Waals surface area contributed by atoms with Crippen LogP contribution in [0.15, 0.2) is 30.3 Å². The lowest BCUT2D eigenvalue weighted by molar-refractivity contribution is 0.533. The Morgan fingerprint density at radius 1 is 1.23 bits per heavy atom. The van der Waals surface area contributed by atoms with E-state index in [0.29, 0.717) is 6.04 Å². The first-order chi connectivity index (χ1) is 6.36. The predicted molar refractivity (Wildman–Crippen MR) is 58.8 cm³/mol. The van der Waals surface area contributed by atoms with Crippen LogP contribution in [0.1, 0.15) is 30.9 Å². The Bertz CT molecular complexity index is 294. The minimum Gasteiger partial charge on any atom is -0.373 e. The van der Waals surface area contributed by atoms with Gasteiger partial charge in [0.05, 0.1) is 11.0 Å². The highest BCUT2D eigenvalue weighted by molar-refractivity contribution is 7.80. The number of hydrogen-bond donors (Lipinski definition) is 1. The van der Waals surface area contributed by atoms with Crippen molar-refractivity contribution in [3.8, 4) is 0 Å². The summed E-state index contributed by atoms with van der Waals surface area (Å²) in [6, 6.07) is 11.0. The second-order valence-electron chi connectivity index (χ2n) is 3.42. The molecule has 1 aliphatic rings. The topological polar surface area (TPSA) is 12.0 Å². The molecule has 1 N–H and O–H groups in total. The Kier molecular flexibility index (Phi) is 2.60. The third-order valence-electron chi connectivity index (χ3n) is 2.43. The first-order valence-corrected chi connectivity index (χ1v) is 5.11. The van der Waals surface area contributed by atoms with Gasteiger partial charge >= 0.3 is 0 Å². The van der Waals surface area contributed by atoms with Crippen LogP contribution in [0.25, 0.3) is 0 Å². The summed E-state index contributed by atoms with van der Waals surface area (Å²) < 4.78 is 0. The molecular formula is C11H13NS. The molecule has 0 bridgehead atoms. The smallest absolute Gasteiger partial charge is 0.0758 e. The molecule has 0 spiro atoms. The minimum absolute atomic E-state index is 0.447. The summed E-state index contributed by atoms with van der Waals surface area (Å²) in [5.41, 5.74) is 1.35. The van der Waals surface area contributed by atoms with Crippen LogP contribution < -0.4 is 5.32 Å². The number of piperidine rings is 1. The quantitative estimate of drug-likeness (QED) is 0.685. The second kappa shape index (κ2) is 3.88. The summed E-state index contributed by atoms with van der Waals surface area (Å²) in [7, 11) is 0. The zero-order valence-corrected chi connectivity index (χ0v) is 8.31. The van der Waals surface area contributed by atoms with Crippen LogP contribution in [0.4, 0.5) is 0 Å². The number of rotatable bonds is 1. The Morgan fingerprint density at radius 2 is 2.00 bits per heavy atom. The van der Waals surface area contributed by atoms with Crippen molar-refractivity contribution in [1.82, 2.24) is 5.32 Å². The lowest BCUT2D eigenvalue weighted by atomic mass is 9.98. The van der Waals surface area contributed by atoms with Crippen LogP contribution in [0.5, 0.6) is 0 Å². The summed E-state index contributed by atoms with van der Waals surface area (Å²) >= 11 is 5.17. The monoisotopic (exact) mass is 191 g/mol. The number of thiocarbonyl (C=S) groups is 1. The summed E-state index contributed by atoms with van der Waals surface area (Å²) in [6.45, 7) is 0. The van der Waals surface area contributed by atoms with Gasteiger partial charge in [-0.25, -0.2) is 0 Å². The Hall–Kier alpha value is -0.890. The average Bonchev–Trinajstić information content (AvgIpc) is 2.19. The summed E-state index contributed by atoms with van der Waals surface area (Å²) in [5, 5.41) is 3.36. The van der Waals surface area contributed by atoms with E-state index in [-0.39, 0.29) is 0 Å². The first kappa shape index (κ1) is 8.70. The lowest BCUT2D eigenvalue weighted by Crippen LogP contribution is -2.30. The van der Waals surface area contributed by atoms with Gasteiger partial charge in [-0.2, -0.15) is 0 Å². The molecule has 0 amide bonds. The van der Waals surface area contributed by atoms with Gasteiger partial charge in [0.1, 0.15) is 0 Å². The fraction of sp³-hybridized carbons (Fsp3) is 0.364. The summed E-state index contributed by atoms with van der Waals surface area (Å²) in [6.07, 6.45) is 3.47. The molecule has 2 rings (SSSR count). The molecule has 1 atom stereocenters. The van der Waals surface area contributed by atoms with Gasteiger partial charge in [-0.05, 0) is 24.8 Å². The van der Waals surface area contributed by atoms with E-state index in [0.717, 1.165) is 11.4 Å². The molecule has 1 fully saturated rings. The second-order valence-corrected chi connectivity index (χ2v) is 3.92. The van der Waals surface area contributed by atoms with E-state index in [9.17, 15) is 0 Å². The molecule has 1 heterocycles. The van der Waals surface area contributed by atoms with Crippen molar-refractivity contribution in [2.75, 3.05) is 0 Å². The molecule has 1 saturated heterocycles. The van der Waals surface area contributed by atoms with Gasteiger partial charge in [0, 0.05) is 0 Å². The number of hydrogen-bond acceptors (Lipinski definition) is 1. The van der Waals surface area contributed by atoms with Gasteiger partial charge in [0.25, 0.3) is 0 Å². The van der Waals surface area contributed by atoms with Crippen molar-refractivity contribution < 1.29 is 0 Å². The highest BCUT2D eigenvalue weighted by atomic mass is 32.1.